The molecule has 0 aliphatic rings. The lowest BCUT2D eigenvalue weighted by atomic mass is 9.92. The van der Waals surface area contributed by atoms with Gasteiger partial charge in [-0.15, -0.1) is 0 Å². The Balaban J connectivity index is 0.000000152. The van der Waals surface area contributed by atoms with Crippen LogP contribution in [0.3, 0.4) is 0 Å². The Morgan fingerprint density at radius 2 is 0.403 bits per heavy atom. The average Bonchev–Trinajstić information content (AvgIpc) is 1.30. The van der Waals surface area contributed by atoms with Gasteiger partial charge in [-0.2, -0.15) is 0 Å². The third-order valence-electron chi connectivity index (χ3n) is 24.6. The molecule has 0 N–H and O–H groups in total. The van der Waals surface area contributed by atoms with Gasteiger partial charge in [0.1, 0.15) is 11.2 Å². The molecule has 0 aliphatic carbocycles. The van der Waals surface area contributed by atoms with Crippen LogP contribution in [-0.4, -0.2) is 9.13 Å². The van der Waals surface area contributed by atoms with Crippen LogP contribution in [0.1, 0.15) is 0 Å². The standard InChI is InChI=1S/C60H35F5N2.C54H31F5N2O/c61-56-55(57(62)59(64)60(65)58(56)63)38-22-30-44(31-23-38)66(42-26-18-36(19-27-42)39-24-32-49-47-14-5-4-12-45(47)46-13-6-7-15-48(46)52(49)34-39)43-28-20-37(21-29-43)40-25-33-51-50-16-8-9-17-53(50)67(54(51)35-40)41-10-2-1-3-11-41;55-50-49(51(56)53(58)54(59)52(50)57)34-18-26-40(27-19-34)60(39-24-16-33(17-25-39)36-21-29-44-43-11-5-7-13-47(43)62-48(44)31-36)38-22-14-32(15-23-38)35-20-28-42-41-10-4-6-12-45(41)61(46(42)30-35)37-8-2-1-3-9-37/h1-35H;1-31H. The van der Waals surface area contributed by atoms with Crippen molar-refractivity contribution in [3.8, 4) is 78.1 Å². The van der Waals surface area contributed by atoms with Gasteiger partial charge in [-0.3, -0.25) is 0 Å². The van der Waals surface area contributed by atoms with Crippen LogP contribution < -0.4 is 9.80 Å². The molecule has 0 fully saturated rings. The molecule has 129 heavy (non-hydrogen) atoms. The molecule has 3 heterocycles. The highest BCUT2D eigenvalue weighted by atomic mass is 19.2. The molecule has 23 aromatic rings. The number of anilines is 6. The summed E-state index contributed by atoms with van der Waals surface area (Å²) in [6, 6.07) is 132. The molecule has 0 spiro atoms. The topological polar surface area (TPSA) is 29.5 Å². The predicted octanol–water partition coefficient (Wildman–Crippen LogP) is 33.3. The Morgan fingerprint density at radius 3 is 0.767 bits per heavy atom. The first-order chi connectivity index (χ1) is 63.1. The van der Waals surface area contributed by atoms with Crippen molar-refractivity contribution >= 4 is 132 Å². The first-order valence-electron chi connectivity index (χ1n) is 41.8. The molecule has 20 aromatic carbocycles. The van der Waals surface area contributed by atoms with E-state index in [1.807, 2.05) is 155 Å². The van der Waals surface area contributed by atoms with Crippen molar-refractivity contribution in [1.29, 1.82) is 0 Å². The minimum absolute atomic E-state index is 0.151. The van der Waals surface area contributed by atoms with E-state index < -0.39 is 69.3 Å². The van der Waals surface area contributed by atoms with Gasteiger partial charge in [-0.1, -0.05) is 255 Å². The van der Waals surface area contributed by atoms with Gasteiger partial charge in [-0.05, 0) is 234 Å². The van der Waals surface area contributed by atoms with Crippen molar-refractivity contribution in [2.24, 2.45) is 0 Å². The SMILES string of the molecule is Fc1c(F)c(F)c(-c2ccc(N(c3ccc(-c4ccc5c(c4)oc4ccccc45)cc3)c3ccc(-c4ccc5c6ccccc6n(-c6ccccc6)c5c4)cc3)cc2)c(F)c1F.Fc1c(F)c(F)c(-c2ccc(N(c3ccc(-c4ccc5c6ccccc6c6ccccc6c5c4)cc3)c3ccc(-c4ccc5c6ccccc6n(-c6ccccc6)c5c4)cc3)cc2)c(F)c1F. The number of halogens is 10. The molecule has 3 aromatic heterocycles. The molecule has 0 aliphatic heterocycles. The Bertz CT molecular complexity index is 8300. The van der Waals surface area contributed by atoms with Crippen molar-refractivity contribution in [2.75, 3.05) is 9.80 Å². The van der Waals surface area contributed by atoms with Crippen molar-refractivity contribution in [2.45, 2.75) is 0 Å². The van der Waals surface area contributed by atoms with Crippen LogP contribution in [0.15, 0.2) is 405 Å². The molecule has 15 heteroatoms. The predicted molar refractivity (Wildman–Crippen MR) is 503 cm³/mol. The fraction of sp³-hybridized carbons (Fsp3) is 0. The Morgan fingerprint density at radius 1 is 0.163 bits per heavy atom. The van der Waals surface area contributed by atoms with Crippen LogP contribution in [0, 0.1) is 58.2 Å². The van der Waals surface area contributed by atoms with Gasteiger partial charge in [0.05, 0.1) is 33.2 Å². The Labute approximate surface area is 731 Å². The van der Waals surface area contributed by atoms with Gasteiger partial charge in [0.2, 0.25) is 11.6 Å². The van der Waals surface area contributed by atoms with E-state index >= 15 is 0 Å². The summed E-state index contributed by atoms with van der Waals surface area (Å²) in [5.41, 5.74) is 18.1. The molecule has 618 valence electrons. The summed E-state index contributed by atoms with van der Waals surface area (Å²) in [6.07, 6.45) is 0. The second-order valence-electron chi connectivity index (χ2n) is 31.8. The first kappa shape index (κ1) is 78.5. The van der Waals surface area contributed by atoms with E-state index in [0.717, 1.165) is 144 Å². The average molecular weight is 1700 g/mol. The number of fused-ring (bicyclic) bond motifs is 15. The van der Waals surface area contributed by atoms with Gasteiger partial charge in [0, 0.05) is 77.8 Å². The normalized spacial score (nSPS) is 11.6. The summed E-state index contributed by atoms with van der Waals surface area (Å²) in [5.74, 6) is -19.9. The summed E-state index contributed by atoms with van der Waals surface area (Å²) in [4.78, 5) is 3.96. The number of para-hydroxylation sites is 5. The van der Waals surface area contributed by atoms with Crippen LogP contribution in [0.4, 0.5) is 78.0 Å². The van der Waals surface area contributed by atoms with Crippen molar-refractivity contribution < 1.29 is 48.3 Å². The Hall–Kier alpha value is -16.5. The minimum atomic E-state index is -2.20. The zero-order valence-corrected chi connectivity index (χ0v) is 68.1. The lowest BCUT2D eigenvalue weighted by Crippen LogP contribution is -2.10. The van der Waals surface area contributed by atoms with Gasteiger partial charge in [0.25, 0.3) is 0 Å². The molecule has 0 saturated heterocycles. The highest BCUT2D eigenvalue weighted by molar-refractivity contribution is 6.26. The van der Waals surface area contributed by atoms with Gasteiger partial charge in [0.15, 0.2) is 46.5 Å². The summed E-state index contributed by atoms with van der Waals surface area (Å²) in [5, 5.41) is 13.8. The fourth-order valence-corrected chi connectivity index (χ4v) is 18.4. The van der Waals surface area contributed by atoms with Crippen LogP contribution in [0.25, 0.3) is 176 Å². The molecular formula is C114H66F10N4O. The monoisotopic (exact) mass is 1700 g/mol. The summed E-state index contributed by atoms with van der Waals surface area (Å²) in [7, 11) is 0. The van der Waals surface area contributed by atoms with Gasteiger partial charge in [-0.25, -0.2) is 43.9 Å². The minimum Gasteiger partial charge on any atom is -0.456 e. The van der Waals surface area contributed by atoms with E-state index in [-0.39, 0.29) is 11.1 Å². The van der Waals surface area contributed by atoms with E-state index in [2.05, 4.69) is 215 Å². The second-order valence-corrected chi connectivity index (χ2v) is 31.8. The molecule has 0 atom stereocenters. The third-order valence-corrected chi connectivity index (χ3v) is 24.6. The highest BCUT2D eigenvalue weighted by Gasteiger charge is 2.30. The lowest BCUT2D eigenvalue weighted by Gasteiger charge is -2.26. The fourth-order valence-electron chi connectivity index (χ4n) is 18.4. The van der Waals surface area contributed by atoms with Gasteiger partial charge >= 0.3 is 0 Å². The third kappa shape index (κ3) is 13.5. The van der Waals surface area contributed by atoms with Crippen LogP contribution in [0.2, 0.25) is 0 Å². The molecule has 0 saturated carbocycles. The van der Waals surface area contributed by atoms with E-state index in [1.165, 1.54) is 56.6 Å². The molecule has 5 nitrogen and oxygen atoms in total. The van der Waals surface area contributed by atoms with E-state index in [4.69, 9.17) is 4.42 Å². The highest BCUT2D eigenvalue weighted by Crippen LogP contribution is 2.47. The van der Waals surface area contributed by atoms with Crippen LogP contribution >= 0.6 is 0 Å². The van der Waals surface area contributed by atoms with E-state index in [9.17, 15) is 43.9 Å². The molecule has 23 rings (SSSR count). The maximum Gasteiger partial charge on any atom is 0.200 e. The number of nitrogens with zero attached hydrogens (tertiary/aromatic N) is 4. The molecule has 0 amide bonds. The number of rotatable bonds is 14. The maximum absolute atomic E-state index is 15.0. The largest absolute Gasteiger partial charge is 0.456 e. The Kier molecular flexibility index (Phi) is 19.4. The lowest BCUT2D eigenvalue weighted by molar-refractivity contribution is 0.381. The molecular weight excluding hydrogens is 1630 g/mol. The van der Waals surface area contributed by atoms with Gasteiger partial charge < -0.3 is 23.4 Å². The van der Waals surface area contributed by atoms with E-state index in [0.29, 0.717) is 11.4 Å². The summed E-state index contributed by atoms with van der Waals surface area (Å²) in [6.45, 7) is 0. The number of hydrogen-bond acceptors (Lipinski definition) is 3. The maximum atomic E-state index is 15.0. The quantitative estimate of drug-likeness (QED) is 0.0470. The second kappa shape index (κ2) is 31.9. The van der Waals surface area contributed by atoms with Crippen molar-refractivity contribution in [3.63, 3.8) is 0 Å². The number of hydrogen-bond donors (Lipinski definition) is 0. The summed E-state index contributed by atoms with van der Waals surface area (Å²) < 4.78 is 155. The number of aromatic nitrogens is 2. The first-order valence-corrected chi connectivity index (χ1v) is 41.8. The zero-order chi connectivity index (χ0) is 87.4. The smallest absolute Gasteiger partial charge is 0.200 e. The molecule has 0 unspecified atom stereocenters. The van der Waals surface area contributed by atoms with Crippen molar-refractivity contribution in [3.05, 3.63) is 459 Å². The van der Waals surface area contributed by atoms with Crippen LogP contribution in [0.5, 0.6) is 0 Å². The molecule has 0 bridgehead atoms. The molecule has 0 radical (unpaired) electrons. The summed E-state index contributed by atoms with van der Waals surface area (Å²) >= 11 is 0. The van der Waals surface area contributed by atoms with Crippen molar-refractivity contribution in [1.82, 2.24) is 9.13 Å². The number of furan rings is 1. The zero-order valence-electron chi connectivity index (χ0n) is 68.1. The van der Waals surface area contributed by atoms with Crippen LogP contribution in [-0.2, 0) is 0 Å². The number of benzene rings is 20. The van der Waals surface area contributed by atoms with E-state index in [1.54, 1.807) is 24.3 Å².